The summed E-state index contributed by atoms with van der Waals surface area (Å²) in [5.41, 5.74) is 12.1. The molecule has 2 aromatic rings. The summed E-state index contributed by atoms with van der Waals surface area (Å²) in [5, 5.41) is 22.5. The van der Waals surface area contributed by atoms with Gasteiger partial charge in [-0.1, -0.05) is 42.5 Å². The Morgan fingerprint density at radius 2 is 1.68 bits per heavy atom. The van der Waals surface area contributed by atoms with E-state index in [1.807, 2.05) is 0 Å². The Morgan fingerprint density at radius 3 is 2.38 bits per heavy atom. The number of nitrogens with two attached hydrogens (primary N) is 2. The lowest BCUT2D eigenvalue weighted by Gasteiger charge is -2.29. The molecule has 17 heteroatoms. The summed E-state index contributed by atoms with van der Waals surface area (Å²) in [6.45, 7) is -0.0880. The molecule has 1 fully saturated rings. The molecule has 17 nitrogen and oxygen atoms in total. The number of guanidine groups is 1. The summed E-state index contributed by atoms with van der Waals surface area (Å²) in [6.07, 6.45) is 4.95. The first-order valence-corrected chi connectivity index (χ1v) is 17.0. The SMILES string of the molecule is NC(N)=NCCC[C@@H]1NC(=O)[C@@H]2CCCN2C(=O)[C@@H](NC=O)CNC(=O)/C=C\C(=C\c2ccc(O)cc2)NC(=O)[C@@H](Cc2ccccc2)NC(=O)C1=O. The molecule has 280 valence electrons. The van der Waals surface area contributed by atoms with E-state index in [0.717, 1.165) is 6.08 Å². The zero-order valence-corrected chi connectivity index (χ0v) is 28.8. The van der Waals surface area contributed by atoms with E-state index in [-0.39, 0.29) is 62.7 Å². The van der Waals surface area contributed by atoms with Gasteiger partial charge in [-0.25, -0.2) is 0 Å². The second-order valence-corrected chi connectivity index (χ2v) is 12.4. The van der Waals surface area contributed by atoms with Crippen LogP contribution in [0.25, 0.3) is 6.08 Å². The van der Waals surface area contributed by atoms with E-state index in [4.69, 9.17) is 11.5 Å². The fraction of sp³-hybridized carbons (Fsp3) is 0.333. The van der Waals surface area contributed by atoms with Crippen molar-refractivity contribution in [2.24, 2.45) is 16.5 Å². The van der Waals surface area contributed by atoms with Gasteiger partial charge in [0.15, 0.2) is 5.96 Å². The third-order valence-electron chi connectivity index (χ3n) is 8.49. The molecular formula is C36H43N9O8. The number of phenols is 1. The number of aromatic hydroxyl groups is 1. The van der Waals surface area contributed by atoms with Crippen molar-refractivity contribution in [3.63, 3.8) is 0 Å². The lowest BCUT2D eigenvalue weighted by molar-refractivity contribution is -0.143. The van der Waals surface area contributed by atoms with Gasteiger partial charge in [0.05, 0.1) is 6.04 Å². The van der Waals surface area contributed by atoms with Crippen molar-refractivity contribution >= 4 is 53.8 Å². The number of phenolic OH excluding ortho intramolecular Hbond substituents is 1. The predicted molar refractivity (Wildman–Crippen MR) is 193 cm³/mol. The molecule has 53 heavy (non-hydrogen) atoms. The average Bonchev–Trinajstić information content (AvgIpc) is 3.64. The number of fused-ring (bicyclic) bond motifs is 1. The van der Waals surface area contributed by atoms with Gasteiger partial charge in [-0.2, -0.15) is 0 Å². The molecule has 2 aliphatic rings. The van der Waals surface area contributed by atoms with E-state index >= 15 is 0 Å². The van der Waals surface area contributed by atoms with Crippen molar-refractivity contribution in [1.82, 2.24) is 31.5 Å². The number of benzene rings is 2. The van der Waals surface area contributed by atoms with Gasteiger partial charge in [-0.3, -0.25) is 38.6 Å². The minimum atomic E-state index is -1.38. The molecule has 0 spiro atoms. The number of allylic oxidation sites excluding steroid dienone is 1. The molecule has 4 rings (SSSR count). The number of carbonyl (C=O) groups excluding carboxylic acids is 7. The quantitative estimate of drug-likeness (QED) is 0.0486. The number of aliphatic imine (C=N–C) groups is 1. The summed E-state index contributed by atoms with van der Waals surface area (Å²) in [7, 11) is 0. The van der Waals surface area contributed by atoms with Gasteiger partial charge in [-0.15, -0.1) is 0 Å². The standard InChI is InChI=1S/C36H43N9O8/c37-36(38)39-16-4-8-26-31(49)34(52)44-27(19-22-6-2-1-3-7-22)32(50)42-24(18-23-10-13-25(47)14-11-23)12-15-30(48)40-20-28(41-21-46)35(53)45-17-5-9-29(45)33(51)43-26/h1-3,6-7,10-15,18,21,26-29,47H,4-5,8-9,16-17,19-20H2,(H,40,48)(H,41,46)(H,42,50)(H,43,51)(H,44,52)(H4,37,38,39)/b15-12-,24-18-/t26-,27+,28-,29-/m0/s1. The van der Waals surface area contributed by atoms with Crippen LogP contribution in [-0.4, -0.2) is 101 Å². The Morgan fingerprint density at radius 1 is 0.943 bits per heavy atom. The van der Waals surface area contributed by atoms with Crippen LogP contribution in [-0.2, 0) is 40.0 Å². The van der Waals surface area contributed by atoms with Crippen molar-refractivity contribution in [2.45, 2.75) is 56.3 Å². The lowest BCUT2D eigenvalue weighted by atomic mass is 10.0. The summed E-state index contributed by atoms with van der Waals surface area (Å²) in [5.74, 6) is -5.15. The molecule has 6 amide bonds. The van der Waals surface area contributed by atoms with Crippen molar-refractivity contribution in [1.29, 1.82) is 0 Å². The Hall–Kier alpha value is -6.52. The third kappa shape index (κ3) is 11.8. The number of nitrogens with zero attached hydrogens (tertiary/aromatic N) is 2. The van der Waals surface area contributed by atoms with Crippen LogP contribution < -0.4 is 38.1 Å². The molecular weight excluding hydrogens is 686 g/mol. The fourth-order valence-corrected chi connectivity index (χ4v) is 5.82. The van der Waals surface area contributed by atoms with Gasteiger partial charge in [0.1, 0.15) is 23.9 Å². The smallest absolute Gasteiger partial charge is 0.290 e. The summed E-state index contributed by atoms with van der Waals surface area (Å²) in [6, 6.07) is 9.74. The summed E-state index contributed by atoms with van der Waals surface area (Å²) < 4.78 is 0. The van der Waals surface area contributed by atoms with Gasteiger partial charge in [-0.05, 0) is 61.1 Å². The number of ketones is 1. The molecule has 4 atom stereocenters. The monoisotopic (exact) mass is 729 g/mol. The second-order valence-electron chi connectivity index (χ2n) is 12.4. The van der Waals surface area contributed by atoms with Gasteiger partial charge >= 0.3 is 0 Å². The Bertz CT molecular complexity index is 1760. The summed E-state index contributed by atoms with van der Waals surface area (Å²) >= 11 is 0. The summed E-state index contributed by atoms with van der Waals surface area (Å²) in [4.78, 5) is 98.1. The fourth-order valence-electron chi connectivity index (χ4n) is 5.82. The van der Waals surface area contributed by atoms with Crippen LogP contribution in [0.3, 0.4) is 0 Å². The molecule has 0 unspecified atom stereocenters. The Kier molecular flexibility index (Phi) is 14.2. The number of rotatable bonds is 9. The predicted octanol–water partition coefficient (Wildman–Crippen LogP) is -1.52. The number of hydrogen-bond donors (Lipinski definition) is 8. The van der Waals surface area contributed by atoms with Gasteiger partial charge in [0.2, 0.25) is 35.8 Å². The first-order valence-electron chi connectivity index (χ1n) is 17.0. The van der Waals surface area contributed by atoms with Crippen LogP contribution in [0.2, 0.25) is 0 Å². The number of amides is 6. The van der Waals surface area contributed by atoms with Crippen molar-refractivity contribution in [3.05, 3.63) is 83.6 Å². The molecule has 10 N–H and O–H groups in total. The van der Waals surface area contributed by atoms with Crippen LogP contribution in [0.4, 0.5) is 0 Å². The van der Waals surface area contributed by atoms with Gasteiger partial charge < -0.3 is 48.1 Å². The maximum Gasteiger partial charge on any atom is 0.290 e. The van der Waals surface area contributed by atoms with Crippen molar-refractivity contribution in [2.75, 3.05) is 19.6 Å². The number of nitrogens with one attached hydrogen (secondary N) is 5. The Labute approximate surface area is 305 Å². The van der Waals surface area contributed by atoms with Crippen LogP contribution >= 0.6 is 0 Å². The van der Waals surface area contributed by atoms with E-state index in [1.165, 1.54) is 29.2 Å². The molecule has 1 saturated heterocycles. The molecule has 0 aromatic heterocycles. The highest BCUT2D eigenvalue weighted by Gasteiger charge is 2.39. The number of carbonyl (C=O) groups is 7. The normalized spacial score (nSPS) is 23.2. The average molecular weight is 730 g/mol. The van der Waals surface area contributed by atoms with E-state index < -0.39 is 59.5 Å². The van der Waals surface area contributed by atoms with Crippen molar-refractivity contribution in [3.8, 4) is 5.75 Å². The maximum absolute atomic E-state index is 13.9. The van der Waals surface area contributed by atoms with Crippen LogP contribution in [0.1, 0.15) is 36.8 Å². The highest BCUT2D eigenvalue weighted by molar-refractivity contribution is 6.38. The lowest BCUT2D eigenvalue weighted by Crippen LogP contribution is -2.58. The van der Waals surface area contributed by atoms with Gasteiger partial charge in [0, 0.05) is 37.8 Å². The zero-order chi connectivity index (χ0) is 38.3. The van der Waals surface area contributed by atoms with Crippen LogP contribution in [0.5, 0.6) is 5.75 Å². The third-order valence-corrected chi connectivity index (χ3v) is 8.49. The minimum absolute atomic E-state index is 0.000868. The highest BCUT2D eigenvalue weighted by atomic mass is 16.3. The van der Waals surface area contributed by atoms with E-state index in [2.05, 4.69) is 31.6 Å². The molecule has 0 bridgehead atoms. The second kappa shape index (κ2) is 19.2. The van der Waals surface area contributed by atoms with Crippen LogP contribution in [0, 0.1) is 0 Å². The van der Waals surface area contributed by atoms with Crippen molar-refractivity contribution < 1.29 is 38.7 Å². The first kappa shape index (κ1) is 39.3. The first-order chi connectivity index (χ1) is 25.4. The van der Waals surface area contributed by atoms with Crippen LogP contribution in [0.15, 0.2) is 77.4 Å². The van der Waals surface area contributed by atoms with E-state index in [1.54, 1.807) is 42.5 Å². The van der Waals surface area contributed by atoms with E-state index in [9.17, 15) is 38.7 Å². The highest BCUT2D eigenvalue weighted by Crippen LogP contribution is 2.20. The topological polar surface area (TPSA) is 268 Å². The number of Topliss-reactive ketones (excluding diaryl/α,β-unsaturated/α-hetero) is 1. The molecule has 0 radical (unpaired) electrons. The zero-order valence-electron chi connectivity index (χ0n) is 28.8. The maximum atomic E-state index is 13.9. The largest absolute Gasteiger partial charge is 0.508 e. The molecule has 0 saturated carbocycles. The molecule has 0 aliphatic carbocycles. The number of hydrogen-bond acceptors (Lipinski definition) is 9. The minimum Gasteiger partial charge on any atom is -0.508 e. The molecule has 2 aliphatic heterocycles. The molecule has 2 heterocycles. The van der Waals surface area contributed by atoms with E-state index in [0.29, 0.717) is 24.0 Å². The van der Waals surface area contributed by atoms with Gasteiger partial charge in [0.25, 0.3) is 5.91 Å². The Balaban J connectivity index is 1.74. The molecule has 2 aromatic carbocycles.